The first kappa shape index (κ1) is 27.1. The van der Waals surface area contributed by atoms with Crippen molar-refractivity contribution >= 4 is 51.5 Å². The van der Waals surface area contributed by atoms with Crippen LogP contribution in [0.4, 0.5) is 5.13 Å². The maximum Gasteiger partial charge on any atom is 0.350 e. The monoisotopic (exact) mass is 574 g/mol. The van der Waals surface area contributed by atoms with Crippen LogP contribution in [-0.2, 0) is 20.9 Å². The van der Waals surface area contributed by atoms with E-state index in [4.69, 9.17) is 21.1 Å². The molecular weight excluding hydrogens is 552 g/mol. The van der Waals surface area contributed by atoms with Crippen LogP contribution >= 0.6 is 22.9 Å². The van der Waals surface area contributed by atoms with E-state index in [1.807, 2.05) is 30.3 Å². The Labute approximate surface area is 239 Å². The van der Waals surface area contributed by atoms with E-state index < -0.39 is 23.7 Å². The highest BCUT2D eigenvalue weighted by molar-refractivity contribution is 7.17. The van der Waals surface area contributed by atoms with Crippen molar-refractivity contribution in [3.63, 3.8) is 0 Å². The fourth-order valence-electron chi connectivity index (χ4n) is 4.39. The summed E-state index contributed by atoms with van der Waals surface area (Å²) >= 11 is 6.95. The van der Waals surface area contributed by atoms with Gasteiger partial charge in [0.15, 0.2) is 5.13 Å². The molecule has 5 rings (SSSR count). The van der Waals surface area contributed by atoms with Gasteiger partial charge in [-0.3, -0.25) is 14.5 Å². The quantitative estimate of drug-likeness (QED) is 0.123. The van der Waals surface area contributed by atoms with E-state index in [-0.39, 0.29) is 21.3 Å². The van der Waals surface area contributed by atoms with Crippen molar-refractivity contribution in [3.05, 3.63) is 117 Å². The maximum atomic E-state index is 13.5. The average molecular weight is 575 g/mol. The molecular formula is C30H23ClN2O6S. The molecule has 0 bridgehead atoms. The summed E-state index contributed by atoms with van der Waals surface area (Å²) < 4.78 is 10.8. The summed E-state index contributed by atoms with van der Waals surface area (Å²) in [6, 6.07) is 21.8. The molecule has 1 aromatic heterocycles. The van der Waals surface area contributed by atoms with E-state index in [9.17, 15) is 19.5 Å². The first-order chi connectivity index (χ1) is 19.3. The van der Waals surface area contributed by atoms with Crippen LogP contribution in [-0.4, -0.2) is 34.9 Å². The average Bonchev–Trinajstić information content (AvgIpc) is 3.48. The molecule has 0 saturated carbocycles. The minimum Gasteiger partial charge on any atom is -0.507 e. The van der Waals surface area contributed by atoms with Gasteiger partial charge in [0.25, 0.3) is 5.78 Å². The number of carbonyl (C=O) groups is 3. The zero-order chi connectivity index (χ0) is 28.4. The summed E-state index contributed by atoms with van der Waals surface area (Å²) in [4.78, 5) is 45.0. The number of aliphatic hydroxyl groups excluding tert-OH is 1. The van der Waals surface area contributed by atoms with E-state index in [0.29, 0.717) is 34.2 Å². The van der Waals surface area contributed by atoms with Gasteiger partial charge >= 0.3 is 11.9 Å². The second-order valence-corrected chi connectivity index (χ2v) is 10.3. The van der Waals surface area contributed by atoms with Crippen LogP contribution in [0.15, 0.2) is 84.4 Å². The molecule has 0 radical (unpaired) electrons. The molecule has 1 fully saturated rings. The third-order valence-electron chi connectivity index (χ3n) is 6.35. The molecule has 1 unspecified atom stereocenters. The molecule has 1 amide bonds. The van der Waals surface area contributed by atoms with Crippen LogP contribution in [0, 0.1) is 6.92 Å². The lowest BCUT2D eigenvalue weighted by molar-refractivity contribution is -0.132. The lowest BCUT2D eigenvalue weighted by Crippen LogP contribution is -2.29. The number of ether oxygens (including phenoxy) is 2. The molecule has 0 spiro atoms. The number of halogens is 1. The Bertz CT molecular complexity index is 1630. The smallest absolute Gasteiger partial charge is 0.350 e. The fourth-order valence-corrected chi connectivity index (χ4v) is 5.53. The molecule has 1 N–H and O–H groups in total. The number of aromatic nitrogens is 1. The molecule has 0 aliphatic carbocycles. The molecule has 40 heavy (non-hydrogen) atoms. The number of ketones is 1. The minimum atomic E-state index is -1.05. The number of nitrogens with zero attached hydrogens (tertiary/aromatic N) is 2. The SMILES string of the molecule is COC(=O)c1sc(N2C(=O)C(=O)C(=C(O)c3ccc(Cl)cc3)C2c2cccc(OCc3ccccc3)c2)nc1C. The number of aliphatic hydroxyl groups is 1. The third-order valence-corrected chi connectivity index (χ3v) is 7.74. The summed E-state index contributed by atoms with van der Waals surface area (Å²) in [7, 11) is 1.25. The Balaban J connectivity index is 1.62. The number of aryl methyl sites for hydroxylation is 1. The number of anilines is 1. The molecule has 3 aromatic carbocycles. The van der Waals surface area contributed by atoms with Crippen LogP contribution in [0.1, 0.15) is 38.1 Å². The number of hydrogen-bond donors (Lipinski definition) is 1. The van der Waals surface area contributed by atoms with Gasteiger partial charge in [0.1, 0.15) is 23.0 Å². The molecule has 8 nitrogen and oxygen atoms in total. The summed E-state index contributed by atoms with van der Waals surface area (Å²) in [5.41, 5.74) is 2.02. The van der Waals surface area contributed by atoms with Gasteiger partial charge < -0.3 is 14.6 Å². The molecule has 10 heteroatoms. The molecule has 4 aromatic rings. The summed E-state index contributed by atoms with van der Waals surface area (Å²) in [5.74, 6) is -2.24. The number of carbonyl (C=O) groups excluding carboxylic acids is 3. The number of esters is 1. The second-order valence-electron chi connectivity index (χ2n) is 8.93. The number of benzene rings is 3. The molecule has 2 heterocycles. The topological polar surface area (TPSA) is 106 Å². The van der Waals surface area contributed by atoms with Gasteiger partial charge in [0, 0.05) is 10.6 Å². The molecule has 1 saturated heterocycles. The van der Waals surface area contributed by atoms with Gasteiger partial charge in [0.05, 0.1) is 24.4 Å². The minimum absolute atomic E-state index is 0.121. The largest absolute Gasteiger partial charge is 0.507 e. The van der Waals surface area contributed by atoms with E-state index in [2.05, 4.69) is 4.98 Å². The van der Waals surface area contributed by atoms with E-state index in [1.165, 1.54) is 12.0 Å². The lowest BCUT2D eigenvalue weighted by Gasteiger charge is -2.23. The number of thiazole rings is 1. The molecule has 1 atom stereocenters. The fraction of sp³-hybridized carbons (Fsp3) is 0.133. The van der Waals surface area contributed by atoms with Gasteiger partial charge in [-0.1, -0.05) is 65.4 Å². The molecule has 1 aliphatic heterocycles. The zero-order valence-electron chi connectivity index (χ0n) is 21.5. The van der Waals surface area contributed by atoms with Gasteiger partial charge in [-0.25, -0.2) is 9.78 Å². The zero-order valence-corrected chi connectivity index (χ0v) is 23.0. The van der Waals surface area contributed by atoms with E-state index in [1.54, 1.807) is 55.5 Å². The molecule has 202 valence electrons. The van der Waals surface area contributed by atoms with Crippen molar-refractivity contribution in [1.82, 2.24) is 4.98 Å². The third kappa shape index (κ3) is 5.21. The Morgan fingerprint density at radius 2 is 1.77 bits per heavy atom. The number of hydrogen-bond acceptors (Lipinski definition) is 8. The van der Waals surface area contributed by atoms with Crippen molar-refractivity contribution in [2.75, 3.05) is 12.0 Å². The predicted octanol–water partition coefficient (Wildman–Crippen LogP) is 6.10. The lowest BCUT2D eigenvalue weighted by atomic mass is 9.95. The Kier molecular flexibility index (Phi) is 7.68. The standard InChI is InChI=1S/C30H23ClN2O6S/c1-17-27(29(37)38-2)40-30(32-17)33-24(20-9-6-10-22(15-20)39-16-18-7-4-3-5-8-18)23(26(35)28(33)36)25(34)19-11-13-21(31)14-12-19/h3-15,24,34H,16H2,1-2H3. The number of rotatable bonds is 7. The van der Waals surface area contributed by atoms with Gasteiger partial charge in [-0.15, -0.1) is 0 Å². The summed E-state index contributed by atoms with van der Waals surface area (Å²) in [5, 5.41) is 11.9. The number of amides is 1. The molecule has 1 aliphatic rings. The summed E-state index contributed by atoms with van der Waals surface area (Å²) in [6.07, 6.45) is 0. The first-order valence-corrected chi connectivity index (χ1v) is 13.4. The van der Waals surface area contributed by atoms with Gasteiger partial charge in [0.2, 0.25) is 0 Å². The predicted molar refractivity (Wildman–Crippen MR) is 152 cm³/mol. The van der Waals surface area contributed by atoms with Crippen LogP contribution in [0.2, 0.25) is 5.02 Å². The normalized spacial score (nSPS) is 16.3. The Hall–Kier alpha value is -4.47. The van der Waals surface area contributed by atoms with Crippen molar-refractivity contribution in [3.8, 4) is 5.75 Å². The van der Waals surface area contributed by atoms with Crippen molar-refractivity contribution in [2.24, 2.45) is 0 Å². The maximum absolute atomic E-state index is 13.5. The Morgan fingerprint density at radius 3 is 2.48 bits per heavy atom. The summed E-state index contributed by atoms with van der Waals surface area (Å²) in [6.45, 7) is 1.92. The van der Waals surface area contributed by atoms with Crippen molar-refractivity contribution in [2.45, 2.75) is 19.6 Å². The second kappa shape index (κ2) is 11.3. The highest BCUT2D eigenvalue weighted by atomic mass is 35.5. The van der Waals surface area contributed by atoms with E-state index in [0.717, 1.165) is 16.9 Å². The van der Waals surface area contributed by atoms with Gasteiger partial charge in [-0.05, 0) is 54.4 Å². The van der Waals surface area contributed by atoms with Crippen LogP contribution in [0.25, 0.3) is 5.76 Å². The van der Waals surface area contributed by atoms with Crippen LogP contribution in [0.3, 0.4) is 0 Å². The number of Topliss-reactive ketones (excluding diaryl/α,β-unsaturated/α-hetero) is 1. The highest BCUT2D eigenvalue weighted by Gasteiger charge is 2.48. The first-order valence-electron chi connectivity index (χ1n) is 12.2. The van der Waals surface area contributed by atoms with Crippen LogP contribution < -0.4 is 9.64 Å². The van der Waals surface area contributed by atoms with Gasteiger partial charge in [-0.2, -0.15) is 0 Å². The van der Waals surface area contributed by atoms with Crippen molar-refractivity contribution in [1.29, 1.82) is 0 Å². The number of methoxy groups -OCH3 is 1. The van der Waals surface area contributed by atoms with E-state index >= 15 is 0 Å². The van der Waals surface area contributed by atoms with Crippen molar-refractivity contribution < 1.29 is 29.0 Å². The Morgan fingerprint density at radius 1 is 1.05 bits per heavy atom. The van der Waals surface area contributed by atoms with Crippen LogP contribution in [0.5, 0.6) is 5.75 Å². The highest BCUT2D eigenvalue weighted by Crippen LogP contribution is 2.44.